The first-order valence-electron chi connectivity index (χ1n) is 8.21. The van der Waals surface area contributed by atoms with Gasteiger partial charge in [-0.05, 0) is 26.0 Å². The number of amides is 1. The van der Waals surface area contributed by atoms with Crippen molar-refractivity contribution in [2.45, 2.75) is 13.8 Å². The average molecular weight is 420 g/mol. The van der Waals surface area contributed by atoms with E-state index in [0.717, 1.165) is 0 Å². The molecule has 0 saturated heterocycles. The van der Waals surface area contributed by atoms with E-state index in [1.807, 2.05) is 19.9 Å². The molecule has 146 valence electrons. The number of thiophene rings is 1. The first-order chi connectivity index (χ1) is 13.4. The number of carbonyl (C=O) groups excluding carboxylic acids is 1. The molecular formula is C18H18ClN5O3S. The van der Waals surface area contributed by atoms with Gasteiger partial charge in [0.1, 0.15) is 32.8 Å². The molecule has 0 fully saturated rings. The molecule has 3 rings (SSSR count). The summed E-state index contributed by atoms with van der Waals surface area (Å²) in [6.07, 6.45) is 3.13. The number of primary amides is 1. The number of nitrogens with two attached hydrogens (primary N) is 2. The number of hydrogen-bond donors (Lipinski definition) is 2. The van der Waals surface area contributed by atoms with Crippen molar-refractivity contribution in [2.24, 2.45) is 5.73 Å². The molecule has 0 aliphatic rings. The molecule has 0 aliphatic carbocycles. The van der Waals surface area contributed by atoms with Gasteiger partial charge in [-0.1, -0.05) is 11.6 Å². The Morgan fingerprint density at radius 3 is 2.43 bits per heavy atom. The normalized spacial score (nSPS) is 9.93. The molecular weight excluding hydrogens is 402 g/mol. The minimum absolute atomic E-state index is 0.184. The fourth-order valence-electron chi connectivity index (χ4n) is 2.27. The molecule has 0 unspecified atom stereocenters. The van der Waals surface area contributed by atoms with Gasteiger partial charge in [0.2, 0.25) is 0 Å². The maximum absolute atomic E-state index is 11.1. The Morgan fingerprint density at radius 2 is 1.82 bits per heavy atom. The molecule has 0 spiro atoms. The van der Waals surface area contributed by atoms with Crippen LogP contribution in [0.5, 0.6) is 11.5 Å². The molecule has 3 heterocycles. The standard InChI is InChI=1S/C10H11N3O2S.C8H7ClN2O/c1-2-15-5-3-4-13-10-6(5)7(11)8(16-10)9(12)14;1-2-12-7-3-4-11-8(9)6(7)5-10/h3-4H,2,11H2,1H3,(H2,12,14);3-4H,2H2,1H3. The van der Waals surface area contributed by atoms with Crippen LogP contribution in [0.1, 0.15) is 29.1 Å². The Bertz CT molecular complexity index is 1030. The van der Waals surface area contributed by atoms with E-state index < -0.39 is 5.91 Å². The number of hydrogen-bond acceptors (Lipinski definition) is 8. The summed E-state index contributed by atoms with van der Waals surface area (Å²) >= 11 is 6.83. The molecule has 1 amide bonds. The van der Waals surface area contributed by atoms with E-state index in [2.05, 4.69) is 9.97 Å². The number of nitrogens with zero attached hydrogens (tertiary/aromatic N) is 3. The van der Waals surface area contributed by atoms with E-state index in [9.17, 15) is 4.79 Å². The van der Waals surface area contributed by atoms with Crippen LogP contribution in [-0.2, 0) is 0 Å². The largest absolute Gasteiger partial charge is 0.493 e. The molecule has 28 heavy (non-hydrogen) atoms. The van der Waals surface area contributed by atoms with E-state index in [1.165, 1.54) is 17.5 Å². The van der Waals surface area contributed by atoms with Crippen molar-refractivity contribution in [3.8, 4) is 17.6 Å². The molecule has 3 aromatic heterocycles. The zero-order chi connectivity index (χ0) is 20.7. The third-order valence-electron chi connectivity index (χ3n) is 3.39. The Morgan fingerprint density at radius 1 is 1.21 bits per heavy atom. The number of rotatable bonds is 5. The lowest BCUT2D eigenvalue weighted by Crippen LogP contribution is -2.10. The number of nitriles is 1. The van der Waals surface area contributed by atoms with Crippen LogP contribution in [0.4, 0.5) is 5.69 Å². The maximum atomic E-state index is 11.1. The zero-order valence-corrected chi connectivity index (χ0v) is 16.8. The summed E-state index contributed by atoms with van der Waals surface area (Å²) < 4.78 is 10.6. The van der Waals surface area contributed by atoms with Gasteiger partial charge < -0.3 is 20.9 Å². The van der Waals surface area contributed by atoms with Gasteiger partial charge in [0.25, 0.3) is 5.91 Å². The molecule has 4 N–H and O–H groups in total. The summed E-state index contributed by atoms with van der Waals surface area (Å²) in [4.78, 5) is 20.0. The van der Waals surface area contributed by atoms with Crippen molar-refractivity contribution < 1.29 is 14.3 Å². The Kier molecular flexibility index (Phi) is 7.37. The van der Waals surface area contributed by atoms with E-state index in [-0.39, 0.29) is 5.15 Å². The van der Waals surface area contributed by atoms with Crippen LogP contribution in [0.3, 0.4) is 0 Å². The van der Waals surface area contributed by atoms with Crippen LogP contribution in [-0.4, -0.2) is 29.1 Å². The molecule has 0 atom stereocenters. The number of carbonyl (C=O) groups is 1. The number of aromatic nitrogens is 2. The second-order valence-electron chi connectivity index (χ2n) is 5.15. The van der Waals surface area contributed by atoms with Crippen LogP contribution in [0, 0.1) is 11.3 Å². The van der Waals surface area contributed by atoms with Gasteiger partial charge in [-0.25, -0.2) is 9.97 Å². The number of fused-ring (bicyclic) bond motifs is 1. The zero-order valence-electron chi connectivity index (χ0n) is 15.2. The summed E-state index contributed by atoms with van der Waals surface area (Å²) in [5.74, 6) is 0.580. The van der Waals surface area contributed by atoms with Crippen LogP contribution in [0.2, 0.25) is 5.15 Å². The van der Waals surface area contributed by atoms with Gasteiger partial charge in [-0.2, -0.15) is 5.26 Å². The van der Waals surface area contributed by atoms with Crippen molar-refractivity contribution >= 4 is 44.7 Å². The number of pyridine rings is 2. The van der Waals surface area contributed by atoms with Crippen LogP contribution in [0.15, 0.2) is 24.5 Å². The van der Waals surface area contributed by atoms with E-state index in [0.29, 0.717) is 51.1 Å². The van der Waals surface area contributed by atoms with Crippen molar-refractivity contribution in [3.63, 3.8) is 0 Å². The van der Waals surface area contributed by atoms with Crippen LogP contribution in [0.25, 0.3) is 10.2 Å². The van der Waals surface area contributed by atoms with Crippen molar-refractivity contribution in [3.05, 3.63) is 40.1 Å². The third-order valence-corrected chi connectivity index (χ3v) is 4.81. The first-order valence-corrected chi connectivity index (χ1v) is 9.40. The summed E-state index contributed by atoms with van der Waals surface area (Å²) in [5, 5.41) is 9.52. The molecule has 0 radical (unpaired) electrons. The van der Waals surface area contributed by atoms with Crippen molar-refractivity contribution in [2.75, 3.05) is 18.9 Å². The molecule has 0 bridgehead atoms. The van der Waals surface area contributed by atoms with Gasteiger partial charge >= 0.3 is 0 Å². The minimum Gasteiger partial charge on any atom is -0.493 e. The fourth-order valence-corrected chi connectivity index (χ4v) is 3.40. The number of anilines is 1. The van der Waals surface area contributed by atoms with Gasteiger partial charge in [0.15, 0.2) is 5.15 Å². The SMILES string of the molecule is CCOc1ccnc(Cl)c1C#N.CCOc1ccnc2sc(C(N)=O)c(N)c12. The predicted octanol–water partition coefficient (Wildman–Crippen LogP) is 3.38. The Hall–Kier alpha value is -3.09. The highest BCUT2D eigenvalue weighted by Gasteiger charge is 2.17. The smallest absolute Gasteiger partial charge is 0.260 e. The number of halogens is 1. The highest BCUT2D eigenvalue weighted by molar-refractivity contribution is 7.21. The van der Waals surface area contributed by atoms with E-state index in [4.69, 9.17) is 37.8 Å². The lowest BCUT2D eigenvalue weighted by Gasteiger charge is -2.04. The quantitative estimate of drug-likeness (QED) is 0.604. The minimum atomic E-state index is -0.539. The molecule has 10 heteroatoms. The van der Waals surface area contributed by atoms with Gasteiger partial charge in [0.05, 0.1) is 24.3 Å². The Balaban J connectivity index is 0.000000209. The van der Waals surface area contributed by atoms with Gasteiger partial charge in [-0.3, -0.25) is 4.79 Å². The lowest BCUT2D eigenvalue weighted by atomic mass is 10.2. The highest BCUT2D eigenvalue weighted by Crippen LogP contribution is 2.37. The number of nitrogen functional groups attached to an aromatic ring is 1. The van der Waals surface area contributed by atoms with E-state index in [1.54, 1.807) is 18.3 Å². The second kappa shape index (κ2) is 9.73. The van der Waals surface area contributed by atoms with Crippen LogP contribution >= 0.6 is 22.9 Å². The molecule has 0 aromatic carbocycles. The molecule has 0 aliphatic heterocycles. The number of ether oxygens (including phenoxy) is 2. The Labute approximate surface area is 170 Å². The second-order valence-corrected chi connectivity index (χ2v) is 6.51. The average Bonchev–Trinajstić information content (AvgIpc) is 3.01. The van der Waals surface area contributed by atoms with Crippen molar-refractivity contribution in [1.29, 1.82) is 5.26 Å². The van der Waals surface area contributed by atoms with E-state index >= 15 is 0 Å². The molecule has 3 aromatic rings. The predicted molar refractivity (Wildman–Crippen MR) is 109 cm³/mol. The first kappa shape index (κ1) is 21.2. The van der Waals surface area contributed by atoms with Gasteiger partial charge in [-0.15, -0.1) is 11.3 Å². The highest BCUT2D eigenvalue weighted by atomic mass is 35.5. The molecule has 8 nitrogen and oxygen atoms in total. The third kappa shape index (κ3) is 4.60. The van der Waals surface area contributed by atoms with Gasteiger partial charge in [0, 0.05) is 12.4 Å². The van der Waals surface area contributed by atoms with Crippen molar-refractivity contribution in [1.82, 2.24) is 9.97 Å². The molecule has 0 saturated carbocycles. The topological polar surface area (TPSA) is 137 Å². The summed E-state index contributed by atoms with van der Waals surface area (Å²) in [6, 6.07) is 5.27. The summed E-state index contributed by atoms with van der Waals surface area (Å²) in [6.45, 7) is 4.76. The maximum Gasteiger partial charge on any atom is 0.260 e. The lowest BCUT2D eigenvalue weighted by molar-refractivity contribution is 0.100. The summed E-state index contributed by atoms with van der Waals surface area (Å²) in [5.41, 5.74) is 11.7. The monoisotopic (exact) mass is 419 g/mol. The summed E-state index contributed by atoms with van der Waals surface area (Å²) in [7, 11) is 0. The fraction of sp³-hybridized carbons (Fsp3) is 0.222. The van der Waals surface area contributed by atoms with Crippen LogP contribution < -0.4 is 20.9 Å².